The highest BCUT2D eigenvalue weighted by molar-refractivity contribution is 5.67. The van der Waals surface area contributed by atoms with Crippen LogP contribution in [0.4, 0.5) is 18.0 Å². The fourth-order valence-electron chi connectivity index (χ4n) is 4.07. The van der Waals surface area contributed by atoms with Crippen LogP contribution in [0.2, 0.25) is 0 Å². The van der Waals surface area contributed by atoms with Crippen molar-refractivity contribution < 1.29 is 31.9 Å². The number of alkyl halides is 3. The number of aryl methyl sites for hydroxylation is 2. The van der Waals surface area contributed by atoms with Gasteiger partial charge in [0.25, 0.3) is 0 Å². The molecule has 0 aliphatic rings. The summed E-state index contributed by atoms with van der Waals surface area (Å²) in [7, 11) is 3.30. The number of carbonyl (C=O) groups excluding carboxylic acids is 1. The minimum atomic E-state index is -4.36. The molecule has 0 radical (unpaired) electrons. The summed E-state index contributed by atoms with van der Waals surface area (Å²) < 4.78 is 56.6. The highest BCUT2D eigenvalue weighted by Crippen LogP contribution is 2.29. The van der Waals surface area contributed by atoms with Crippen molar-refractivity contribution >= 4 is 18.2 Å². The van der Waals surface area contributed by atoms with Gasteiger partial charge in [0.2, 0.25) is 5.89 Å². The topological polar surface area (TPSA) is 82.6 Å². The number of aromatic nitrogens is 3. The fourth-order valence-corrected chi connectivity index (χ4v) is 4.07. The number of carbonyl (C=O) groups is 1. The summed E-state index contributed by atoms with van der Waals surface area (Å²) in [5.74, 6) is 1.94. The van der Waals surface area contributed by atoms with E-state index in [9.17, 15) is 18.0 Å². The fraction of sp³-hybridized carbons (Fsp3) is 0.323. The molecule has 0 saturated heterocycles. The lowest BCUT2D eigenvalue weighted by Crippen LogP contribution is -2.24. The van der Waals surface area contributed by atoms with Crippen molar-refractivity contribution in [3.05, 3.63) is 101 Å². The Morgan fingerprint density at radius 1 is 1.02 bits per heavy atom. The van der Waals surface area contributed by atoms with Crippen LogP contribution in [0, 0.1) is 0 Å². The number of nitrogens with zero attached hydrogens (tertiary/aromatic N) is 4. The minimum absolute atomic E-state index is 0.221. The SMILES string of the molecule is CN(C)C(=O)OCCc1nccn1CCCCc1ccc(OCc2coc(/C=C/c3ccc(C(F)(F)F)cc3)n2)cc1. The zero-order valence-corrected chi connectivity index (χ0v) is 23.5. The number of halogens is 3. The Morgan fingerprint density at radius 2 is 1.79 bits per heavy atom. The molecule has 2 aromatic heterocycles. The zero-order valence-electron chi connectivity index (χ0n) is 23.5. The van der Waals surface area contributed by atoms with Crippen molar-refractivity contribution in [1.82, 2.24) is 19.4 Å². The van der Waals surface area contributed by atoms with Crippen LogP contribution in [0.3, 0.4) is 0 Å². The lowest BCUT2D eigenvalue weighted by molar-refractivity contribution is -0.137. The maximum Gasteiger partial charge on any atom is 0.416 e. The molecule has 0 spiro atoms. The summed E-state index contributed by atoms with van der Waals surface area (Å²) in [5, 5.41) is 0. The van der Waals surface area contributed by atoms with E-state index in [1.165, 1.54) is 28.9 Å². The molecule has 0 atom stereocenters. The average Bonchev–Trinajstić information content (AvgIpc) is 3.62. The van der Waals surface area contributed by atoms with Crippen molar-refractivity contribution in [3.8, 4) is 5.75 Å². The molecule has 42 heavy (non-hydrogen) atoms. The lowest BCUT2D eigenvalue weighted by atomic mass is 10.1. The molecule has 4 rings (SSSR count). The summed E-state index contributed by atoms with van der Waals surface area (Å²) in [4.78, 5) is 21.7. The van der Waals surface area contributed by atoms with E-state index in [2.05, 4.69) is 14.5 Å². The average molecular weight is 583 g/mol. The Bertz CT molecular complexity index is 1440. The van der Waals surface area contributed by atoms with Crippen molar-refractivity contribution in [2.75, 3.05) is 20.7 Å². The third-order valence-electron chi connectivity index (χ3n) is 6.37. The van der Waals surface area contributed by atoms with Gasteiger partial charge in [-0.25, -0.2) is 14.8 Å². The molecule has 0 N–H and O–H groups in total. The smallest absolute Gasteiger partial charge is 0.416 e. The first-order valence-electron chi connectivity index (χ1n) is 13.5. The number of amides is 1. The van der Waals surface area contributed by atoms with E-state index in [-0.39, 0.29) is 12.7 Å². The molecule has 0 fully saturated rings. The van der Waals surface area contributed by atoms with Crippen molar-refractivity contribution in [1.29, 1.82) is 0 Å². The Morgan fingerprint density at radius 3 is 2.50 bits per heavy atom. The van der Waals surface area contributed by atoms with Crippen molar-refractivity contribution in [2.24, 2.45) is 0 Å². The molecule has 11 heteroatoms. The van der Waals surface area contributed by atoms with Crippen LogP contribution in [-0.4, -0.2) is 46.2 Å². The molecule has 8 nitrogen and oxygen atoms in total. The minimum Gasteiger partial charge on any atom is -0.487 e. The number of ether oxygens (including phenoxy) is 2. The monoisotopic (exact) mass is 582 g/mol. The maximum absolute atomic E-state index is 12.7. The molecule has 0 unspecified atom stereocenters. The van der Waals surface area contributed by atoms with Gasteiger partial charge in [-0.3, -0.25) is 0 Å². The highest BCUT2D eigenvalue weighted by atomic mass is 19.4. The van der Waals surface area contributed by atoms with Crippen molar-refractivity contribution in [3.63, 3.8) is 0 Å². The zero-order chi connectivity index (χ0) is 30.0. The van der Waals surface area contributed by atoms with E-state index in [1.807, 2.05) is 30.5 Å². The highest BCUT2D eigenvalue weighted by Gasteiger charge is 2.29. The van der Waals surface area contributed by atoms with Crippen molar-refractivity contribution in [2.45, 2.75) is 45.0 Å². The first kappa shape index (κ1) is 30.4. The van der Waals surface area contributed by atoms with Gasteiger partial charge in [0.05, 0.1) is 5.56 Å². The molecule has 0 saturated carbocycles. The van der Waals surface area contributed by atoms with Gasteiger partial charge in [-0.05, 0) is 60.7 Å². The van der Waals surface area contributed by atoms with Gasteiger partial charge in [0.1, 0.15) is 36.7 Å². The maximum atomic E-state index is 12.7. The van der Waals surface area contributed by atoms with Gasteiger partial charge in [-0.15, -0.1) is 0 Å². The number of hydrogen-bond donors (Lipinski definition) is 0. The molecule has 4 aromatic rings. The Hall–Kier alpha value is -4.54. The van der Waals surface area contributed by atoms with Crippen LogP contribution >= 0.6 is 0 Å². The van der Waals surface area contributed by atoms with E-state index < -0.39 is 11.7 Å². The molecule has 2 heterocycles. The summed E-state index contributed by atoms with van der Waals surface area (Å²) >= 11 is 0. The molecule has 0 aliphatic carbocycles. The molecule has 1 amide bonds. The van der Waals surface area contributed by atoms with Gasteiger partial charge < -0.3 is 23.4 Å². The van der Waals surface area contributed by atoms with Crippen LogP contribution < -0.4 is 4.74 Å². The van der Waals surface area contributed by atoms with Crippen LogP contribution in [0.1, 0.15) is 46.9 Å². The summed E-state index contributed by atoms with van der Waals surface area (Å²) in [6, 6.07) is 12.8. The van der Waals surface area contributed by atoms with E-state index in [4.69, 9.17) is 13.9 Å². The summed E-state index contributed by atoms with van der Waals surface area (Å²) in [6.07, 6.45) is 7.21. The van der Waals surface area contributed by atoms with E-state index in [0.29, 0.717) is 35.9 Å². The molecular weight excluding hydrogens is 549 g/mol. The van der Waals surface area contributed by atoms with Gasteiger partial charge in [-0.1, -0.05) is 24.3 Å². The second-order valence-electron chi connectivity index (χ2n) is 9.82. The lowest BCUT2D eigenvalue weighted by Gasteiger charge is -2.12. The first-order chi connectivity index (χ1) is 20.2. The molecule has 222 valence electrons. The Labute approximate surface area is 242 Å². The first-order valence-corrected chi connectivity index (χ1v) is 13.5. The van der Waals surface area contributed by atoms with Gasteiger partial charge >= 0.3 is 12.3 Å². The van der Waals surface area contributed by atoms with Crippen LogP contribution in [-0.2, 0) is 36.9 Å². The molecule has 0 bridgehead atoms. The second-order valence-corrected chi connectivity index (χ2v) is 9.82. The summed E-state index contributed by atoms with van der Waals surface area (Å²) in [5.41, 5.74) is 1.72. The Kier molecular flexibility index (Phi) is 10.4. The predicted molar refractivity (Wildman–Crippen MR) is 152 cm³/mol. The van der Waals surface area contributed by atoms with E-state index >= 15 is 0 Å². The van der Waals surface area contributed by atoms with Crippen LogP contribution in [0.5, 0.6) is 5.75 Å². The number of oxazole rings is 1. The number of rotatable bonds is 13. The third-order valence-corrected chi connectivity index (χ3v) is 6.37. The Balaban J connectivity index is 1.16. The van der Waals surface area contributed by atoms with E-state index in [0.717, 1.165) is 43.8 Å². The standard InChI is InChI=1S/C31H33F3N4O4/c1-37(2)30(39)40-20-16-28-35-17-19-38(28)18-4-3-5-23-8-13-27(14-9-23)41-21-26-22-42-29(36-26)15-10-24-6-11-25(12-7-24)31(32,33)34/h6-15,17,19,22H,3-5,16,18,20-21H2,1-2H3/b15-10+. The largest absolute Gasteiger partial charge is 0.487 e. The number of benzene rings is 2. The number of unbranched alkanes of at least 4 members (excludes halogenated alkanes) is 1. The van der Waals surface area contributed by atoms with Gasteiger partial charge in [-0.2, -0.15) is 13.2 Å². The van der Waals surface area contributed by atoms with E-state index in [1.54, 1.807) is 32.4 Å². The van der Waals surface area contributed by atoms with Crippen LogP contribution in [0.15, 0.2) is 71.6 Å². The molecule has 2 aromatic carbocycles. The summed E-state index contributed by atoms with van der Waals surface area (Å²) in [6.45, 7) is 1.36. The number of hydrogen-bond acceptors (Lipinski definition) is 6. The van der Waals surface area contributed by atoms with Gasteiger partial charge in [0.15, 0.2) is 0 Å². The quantitative estimate of drug-likeness (QED) is 0.160. The third kappa shape index (κ3) is 9.25. The number of imidazole rings is 1. The van der Waals surface area contributed by atoms with Crippen LogP contribution in [0.25, 0.3) is 12.2 Å². The normalized spacial score (nSPS) is 11.6. The van der Waals surface area contributed by atoms with Gasteiger partial charge in [0, 0.05) is 45.5 Å². The molecule has 0 aliphatic heterocycles. The molecular formula is C31H33F3N4O4. The second kappa shape index (κ2) is 14.4. The predicted octanol–water partition coefficient (Wildman–Crippen LogP) is 6.90.